The molecule has 32 heavy (non-hydrogen) atoms. The second-order valence-electron chi connectivity index (χ2n) is 8.35. The van der Waals surface area contributed by atoms with Gasteiger partial charge < -0.3 is 14.7 Å². The summed E-state index contributed by atoms with van der Waals surface area (Å²) in [5, 5.41) is 12.6. The van der Waals surface area contributed by atoms with E-state index in [1.807, 2.05) is 43.3 Å². The largest absolute Gasteiger partial charge is 0.489 e. The molecule has 0 aromatic heterocycles. The number of carboxylic acids is 1. The average Bonchev–Trinajstić information content (AvgIpc) is 2.89. The minimum Gasteiger partial charge on any atom is -0.489 e. The van der Waals surface area contributed by atoms with Crippen molar-refractivity contribution >= 4 is 30.0 Å². The van der Waals surface area contributed by atoms with Crippen LogP contribution in [0.3, 0.4) is 0 Å². The Morgan fingerprint density at radius 1 is 1.19 bits per heavy atom. The van der Waals surface area contributed by atoms with Crippen molar-refractivity contribution in [3.63, 3.8) is 0 Å². The lowest BCUT2D eigenvalue weighted by Gasteiger charge is -2.27. The third kappa shape index (κ3) is 6.24. The smallest absolute Gasteiger partial charge is 0.320 e. The van der Waals surface area contributed by atoms with Gasteiger partial charge in [-0.15, -0.1) is 12.4 Å². The van der Waals surface area contributed by atoms with E-state index in [0.717, 1.165) is 18.4 Å². The van der Waals surface area contributed by atoms with Crippen LogP contribution in [0.4, 0.5) is 5.69 Å². The van der Waals surface area contributed by atoms with Gasteiger partial charge in [-0.25, -0.2) is 0 Å². The van der Waals surface area contributed by atoms with Crippen molar-refractivity contribution in [2.45, 2.75) is 64.6 Å². The van der Waals surface area contributed by atoms with E-state index in [0.29, 0.717) is 30.3 Å². The number of benzene rings is 2. The maximum Gasteiger partial charge on any atom is 0.320 e. The molecule has 0 saturated carbocycles. The van der Waals surface area contributed by atoms with E-state index >= 15 is 0 Å². The number of aliphatic carboxylic acids is 1. The van der Waals surface area contributed by atoms with Gasteiger partial charge in [0.2, 0.25) is 5.91 Å². The highest BCUT2D eigenvalue weighted by atomic mass is 35.5. The van der Waals surface area contributed by atoms with Crippen LogP contribution in [-0.2, 0) is 16.1 Å². The molecule has 1 aliphatic heterocycles. The number of unbranched alkanes of at least 4 members (excludes halogenated alkanes) is 1. The lowest BCUT2D eigenvalue weighted by atomic mass is 10.0. The minimum absolute atomic E-state index is 0. The molecule has 6 nitrogen and oxygen atoms in total. The second-order valence-corrected chi connectivity index (χ2v) is 8.35. The normalized spacial score (nSPS) is 16.6. The van der Waals surface area contributed by atoms with Crippen molar-refractivity contribution in [2.24, 2.45) is 0 Å². The highest BCUT2D eigenvalue weighted by Gasteiger charge is 2.34. The Hall–Kier alpha value is -2.57. The standard InChI is InChI=1S/C25H32N2O4.ClH/c1-4-5-8-20(25(29)30)26-21-16-31-23-10-7-6-9-22(23)27(24(21)28)15-18-11-13-19(14-12-18)17(2)3;/h6-7,9-14,17,20-21,26H,4-5,8,15-16H2,1-3H3,(H,29,30);1H/t20-,21?;/m0./s1. The van der Waals surface area contributed by atoms with Crippen molar-refractivity contribution in [1.29, 1.82) is 0 Å². The number of anilines is 1. The van der Waals surface area contributed by atoms with E-state index < -0.39 is 18.1 Å². The molecular formula is C25H33ClN2O4. The summed E-state index contributed by atoms with van der Waals surface area (Å²) in [6.07, 6.45) is 2.14. The predicted molar refractivity (Wildman–Crippen MR) is 129 cm³/mol. The second kappa shape index (κ2) is 11.9. The molecule has 7 heteroatoms. The van der Waals surface area contributed by atoms with Crippen LogP contribution in [-0.4, -0.2) is 35.7 Å². The summed E-state index contributed by atoms with van der Waals surface area (Å²) >= 11 is 0. The number of carbonyl (C=O) groups is 2. The first-order valence-electron chi connectivity index (χ1n) is 11.0. The highest BCUT2D eigenvalue weighted by molar-refractivity contribution is 5.99. The Bertz CT molecular complexity index is 901. The summed E-state index contributed by atoms with van der Waals surface area (Å²) in [5.41, 5.74) is 2.95. The van der Waals surface area contributed by atoms with Crippen LogP contribution in [0.2, 0.25) is 0 Å². The van der Waals surface area contributed by atoms with E-state index in [9.17, 15) is 14.7 Å². The number of carbonyl (C=O) groups excluding carboxylic acids is 1. The summed E-state index contributed by atoms with van der Waals surface area (Å²) in [6, 6.07) is 14.2. The number of fused-ring (bicyclic) bond motifs is 1. The number of amides is 1. The van der Waals surface area contributed by atoms with Crippen molar-refractivity contribution in [1.82, 2.24) is 5.32 Å². The zero-order valence-corrected chi connectivity index (χ0v) is 19.7. The molecule has 2 N–H and O–H groups in total. The lowest BCUT2D eigenvalue weighted by molar-refractivity contribution is -0.140. The van der Waals surface area contributed by atoms with Crippen LogP contribution in [0.15, 0.2) is 48.5 Å². The van der Waals surface area contributed by atoms with Gasteiger partial charge in [0.15, 0.2) is 0 Å². The van der Waals surface area contributed by atoms with Crippen molar-refractivity contribution in [2.75, 3.05) is 11.5 Å². The summed E-state index contributed by atoms with van der Waals surface area (Å²) < 4.78 is 5.92. The van der Waals surface area contributed by atoms with Gasteiger partial charge >= 0.3 is 5.97 Å². The third-order valence-electron chi connectivity index (χ3n) is 5.66. The van der Waals surface area contributed by atoms with Crippen LogP contribution in [0, 0.1) is 0 Å². The number of halogens is 1. The summed E-state index contributed by atoms with van der Waals surface area (Å²) in [7, 11) is 0. The average molecular weight is 461 g/mol. The minimum atomic E-state index is -0.946. The molecule has 0 radical (unpaired) electrons. The SMILES string of the molecule is CCCC[C@H](NC1COc2ccccc2N(Cc2ccc(C(C)C)cc2)C1=O)C(=O)O.Cl. The van der Waals surface area contributed by atoms with E-state index in [2.05, 4.69) is 31.3 Å². The van der Waals surface area contributed by atoms with Gasteiger partial charge in [-0.2, -0.15) is 0 Å². The monoisotopic (exact) mass is 460 g/mol. The molecule has 0 saturated heterocycles. The van der Waals surface area contributed by atoms with Gasteiger partial charge in [0.1, 0.15) is 24.4 Å². The molecule has 3 rings (SSSR count). The van der Waals surface area contributed by atoms with Crippen molar-refractivity contribution in [3.8, 4) is 5.75 Å². The first-order chi connectivity index (χ1) is 14.9. The van der Waals surface area contributed by atoms with Crippen LogP contribution in [0.1, 0.15) is 57.1 Å². The number of nitrogens with one attached hydrogen (secondary N) is 1. The Morgan fingerprint density at radius 3 is 2.50 bits per heavy atom. The Balaban J connectivity index is 0.00000363. The molecule has 1 heterocycles. The van der Waals surface area contributed by atoms with Gasteiger partial charge in [-0.05, 0) is 35.6 Å². The molecule has 1 amide bonds. The van der Waals surface area contributed by atoms with Crippen molar-refractivity contribution in [3.05, 3.63) is 59.7 Å². The molecule has 0 aliphatic carbocycles. The number of hydrogen-bond donors (Lipinski definition) is 2. The fourth-order valence-electron chi connectivity index (χ4n) is 3.76. The molecule has 174 valence electrons. The molecule has 0 fully saturated rings. The van der Waals surface area contributed by atoms with E-state index in [4.69, 9.17) is 4.74 Å². The predicted octanol–water partition coefficient (Wildman–Crippen LogP) is 4.76. The first kappa shape index (κ1) is 25.7. The molecule has 0 bridgehead atoms. The van der Waals surface area contributed by atoms with Gasteiger partial charge in [-0.1, -0.05) is 70.0 Å². The number of nitrogens with zero attached hydrogens (tertiary/aromatic N) is 1. The Labute approximate surface area is 196 Å². The fraction of sp³-hybridized carbons (Fsp3) is 0.440. The van der Waals surface area contributed by atoms with Gasteiger partial charge in [-0.3, -0.25) is 14.9 Å². The molecule has 1 aliphatic rings. The zero-order valence-electron chi connectivity index (χ0n) is 18.9. The number of ether oxygens (including phenoxy) is 1. The molecular weight excluding hydrogens is 428 g/mol. The van der Waals surface area contributed by atoms with Gasteiger partial charge in [0.25, 0.3) is 0 Å². The summed E-state index contributed by atoms with van der Waals surface area (Å²) in [5.74, 6) is -0.0634. The highest BCUT2D eigenvalue weighted by Crippen LogP contribution is 2.32. The number of hydrogen-bond acceptors (Lipinski definition) is 4. The molecule has 0 spiro atoms. The van der Waals surface area contributed by atoms with Crippen LogP contribution >= 0.6 is 12.4 Å². The van der Waals surface area contributed by atoms with Crippen LogP contribution in [0.25, 0.3) is 0 Å². The van der Waals surface area contributed by atoms with Crippen molar-refractivity contribution < 1.29 is 19.4 Å². The van der Waals surface area contributed by atoms with E-state index in [1.165, 1.54) is 5.56 Å². The zero-order chi connectivity index (χ0) is 22.4. The molecule has 2 atom stereocenters. The van der Waals surface area contributed by atoms with E-state index in [-0.39, 0.29) is 24.9 Å². The maximum atomic E-state index is 13.5. The van der Waals surface area contributed by atoms with Gasteiger partial charge in [0.05, 0.1) is 12.2 Å². The van der Waals surface area contributed by atoms with E-state index in [1.54, 1.807) is 4.90 Å². The molecule has 2 aromatic carbocycles. The summed E-state index contributed by atoms with van der Waals surface area (Å²) in [6.45, 7) is 6.79. The number of rotatable bonds is 9. The topological polar surface area (TPSA) is 78.9 Å². The number of carboxylic acid groups (broad SMARTS) is 1. The number of para-hydroxylation sites is 2. The third-order valence-corrected chi connectivity index (χ3v) is 5.66. The Morgan fingerprint density at radius 2 is 1.88 bits per heavy atom. The van der Waals surface area contributed by atoms with Crippen LogP contribution in [0.5, 0.6) is 5.75 Å². The fourth-order valence-corrected chi connectivity index (χ4v) is 3.76. The quantitative estimate of drug-likeness (QED) is 0.564. The summed E-state index contributed by atoms with van der Waals surface area (Å²) in [4.78, 5) is 26.9. The molecule has 1 unspecified atom stereocenters. The lowest BCUT2D eigenvalue weighted by Crippen LogP contribution is -2.53. The first-order valence-corrected chi connectivity index (χ1v) is 11.0. The Kier molecular flexibility index (Phi) is 9.54. The van der Waals surface area contributed by atoms with Crippen LogP contribution < -0.4 is 15.0 Å². The maximum absolute atomic E-state index is 13.5. The van der Waals surface area contributed by atoms with Gasteiger partial charge in [0, 0.05) is 0 Å². The molecule has 2 aromatic rings.